The fraction of sp³-hybridized carbons (Fsp3) is 0.125. The first-order valence-corrected chi connectivity index (χ1v) is 3.36. The summed E-state index contributed by atoms with van der Waals surface area (Å²) in [6.45, 7) is 1.85. The van der Waals surface area contributed by atoms with Crippen molar-refractivity contribution in [3.8, 4) is 0 Å². The summed E-state index contributed by atoms with van der Waals surface area (Å²) < 4.78 is 13.0. The Hall–Kier alpha value is -1.38. The van der Waals surface area contributed by atoms with Gasteiger partial charge in [0, 0.05) is 0 Å². The van der Waals surface area contributed by atoms with Gasteiger partial charge in [0.15, 0.2) is 5.82 Å². The zero-order chi connectivity index (χ0) is 7.84. The van der Waals surface area contributed by atoms with E-state index in [1.54, 1.807) is 0 Å². The highest BCUT2D eigenvalue weighted by atomic mass is 19.1. The molecule has 1 aromatic heterocycles. The topological polar surface area (TPSA) is 28.7 Å². The van der Waals surface area contributed by atoms with Crippen LogP contribution in [0.15, 0.2) is 18.5 Å². The normalized spacial score (nSPS) is 10.7. The van der Waals surface area contributed by atoms with E-state index in [1.807, 2.05) is 13.0 Å². The quantitative estimate of drug-likeness (QED) is 0.611. The zero-order valence-electron chi connectivity index (χ0n) is 6.06. The van der Waals surface area contributed by atoms with E-state index in [9.17, 15) is 4.39 Å². The summed E-state index contributed by atoms with van der Waals surface area (Å²) in [5.74, 6) is -0.263. The molecule has 56 valence electrons. The van der Waals surface area contributed by atoms with Crippen molar-refractivity contribution >= 4 is 11.0 Å². The van der Waals surface area contributed by atoms with Crippen LogP contribution < -0.4 is 0 Å². The van der Waals surface area contributed by atoms with Crippen LogP contribution in [-0.4, -0.2) is 9.97 Å². The van der Waals surface area contributed by atoms with Crippen molar-refractivity contribution in [3.63, 3.8) is 0 Å². The first-order valence-electron chi connectivity index (χ1n) is 3.36. The van der Waals surface area contributed by atoms with Crippen LogP contribution in [0.25, 0.3) is 11.0 Å². The highest BCUT2D eigenvalue weighted by Crippen LogP contribution is 2.15. The van der Waals surface area contributed by atoms with Crippen molar-refractivity contribution in [2.45, 2.75) is 6.92 Å². The van der Waals surface area contributed by atoms with Gasteiger partial charge < -0.3 is 4.98 Å². The summed E-state index contributed by atoms with van der Waals surface area (Å²) in [7, 11) is 0. The molecule has 0 bridgehead atoms. The van der Waals surface area contributed by atoms with E-state index in [4.69, 9.17) is 0 Å². The molecule has 1 aromatic carbocycles. The second-order valence-corrected chi connectivity index (χ2v) is 2.55. The van der Waals surface area contributed by atoms with E-state index in [-0.39, 0.29) is 5.82 Å². The number of nitrogens with zero attached hydrogens (tertiary/aromatic N) is 1. The largest absolute Gasteiger partial charge is 0.344 e. The van der Waals surface area contributed by atoms with Gasteiger partial charge >= 0.3 is 0 Å². The zero-order valence-corrected chi connectivity index (χ0v) is 6.06. The Bertz CT molecular complexity index is 392. The molecule has 0 aliphatic heterocycles. The molecule has 1 N–H and O–H groups in total. The van der Waals surface area contributed by atoms with E-state index < -0.39 is 0 Å². The molecule has 2 aromatic rings. The number of aromatic amines is 1. The van der Waals surface area contributed by atoms with Crippen LogP contribution in [0.5, 0.6) is 0 Å². The summed E-state index contributed by atoms with van der Waals surface area (Å²) in [4.78, 5) is 6.68. The minimum absolute atomic E-state index is 0.263. The van der Waals surface area contributed by atoms with E-state index in [0.29, 0.717) is 5.52 Å². The van der Waals surface area contributed by atoms with Gasteiger partial charge in [-0.05, 0) is 24.6 Å². The molecule has 0 spiro atoms. The second kappa shape index (κ2) is 2.05. The fourth-order valence-corrected chi connectivity index (χ4v) is 1.14. The third kappa shape index (κ3) is 0.888. The number of fused-ring (bicyclic) bond motifs is 1. The van der Waals surface area contributed by atoms with E-state index >= 15 is 0 Å². The molecule has 0 saturated carbocycles. The number of aryl methyl sites for hydroxylation is 1. The molecule has 0 atom stereocenters. The molecule has 2 nitrogen and oxygen atoms in total. The predicted octanol–water partition coefficient (Wildman–Crippen LogP) is 2.01. The van der Waals surface area contributed by atoms with Crippen LogP contribution in [0.4, 0.5) is 4.39 Å². The molecule has 2 rings (SSSR count). The van der Waals surface area contributed by atoms with Gasteiger partial charge in [-0.1, -0.05) is 0 Å². The second-order valence-electron chi connectivity index (χ2n) is 2.55. The average Bonchev–Trinajstić information content (AvgIpc) is 2.34. The van der Waals surface area contributed by atoms with Crippen molar-refractivity contribution in [1.82, 2.24) is 9.97 Å². The maximum absolute atomic E-state index is 13.0. The standard InChI is InChI=1S/C8H7FN2/c1-5-2-6(9)8-7(3-5)10-4-11-8/h2-4H,1H3,(H,10,11). The number of hydrogen-bond acceptors (Lipinski definition) is 1. The van der Waals surface area contributed by atoms with E-state index in [2.05, 4.69) is 9.97 Å². The molecule has 0 aliphatic rings. The fourth-order valence-electron chi connectivity index (χ4n) is 1.14. The lowest BCUT2D eigenvalue weighted by atomic mass is 10.2. The molecule has 0 radical (unpaired) electrons. The monoisotopic (exact) mass is 150 g/mol. The van der Waals surface area contributed by atoms with Crippen LogP contribution >= 0.6 is 0 Å². The van der Waals surface area contributed by atoms with Crippen LogP contribution in [0, 0.1) is 12.7 Å². The van der Waals surface area contributed by atoms with Gasteiger partial charge in [0.2, 0.25) is 0 Å². The minimum Gasteiger partial charge on any atom is -0.344 e. The lowest BCUT2D eigenvalue weighted by Crippen LogP contribution is -1.80. The Labute approximate surface area is 63.1 Å². The number of imidazole rings is 1. The van der Waals surface area contributed by atoms with Crippen LogP contribution in [0.2, 0.25) is 0 Å². The molecule has 3 heteroatoms. The summed E-state index contributed by atoms with van der Waals surface area (Å²) in [5.41, 5.74) is 2.07. The SMILES string of the molecule is Cc1cc(F)c2nc[nH]c2c1. The van der Waals surface area contributed by atoms with Crippen molar-refractivity contribution in [2.75, 3.05) is 0 Å². The lowest BCUT2D eigenvalue weighted by Gasteiger charge is -1.93. The molecular weight excluding hydrogens is 143 g/mol. The number of H-pyrrole nitrogens is 1. The van der Waals surface area contributed by atoms with Gasteiger partial charge in [0.25, 0.3) is 0 Å². The Balaban J connectivity index is 2.91. The highest BCUT2D eigenvalue weighted by Gasteiger charge is 2.02. The Morgan fingerprint density at radius 3 is 3.09 bits per heavy atom. The maximum Gasteiger partial charge on any atom is 0.151 e. The smallest absolute Gasteiger partial charge is 0.151 e. The lowest BCUT2D eigenvalue weighted by molar-refractivity contribution is 0.636. The molecule has 11 heavy (non-hydrogen) atoms. The molecule has 0 amide bonds. The van der Waals surface area contributed by atoms with Crippen LogP contribution in [0.1, 0.15) is 5.56 Å². The van der Waals surface area contributed by atoms with Gasteiger partial charge in [-0.15, -0.1) is 0 Å². The minimum atomic E-state index is -0.263. The third-order valence-electron chi connectivity index (χ3n) is 1.62. The first-order chi connectivity index (χ1) is 5.27. The number of nitrogens with one attached hydrogen (secondary N) is 1. The average molecular weight is 150 g/mol. The molecule has 0 fully saturated rings. The van der Waals surface area contributed by atoms with Crippen molar-refractivity contribution < 1.29 is 4.39 Å². The van der Waals surface area contributed by atoms with Gasteiger partial charge in [0.1, 0.15) is 5.52 Å². The summed E-state index contributed by atoms with van der Waals surface area (Å²) in [6, 6.07) is 3.34. The first kappa shape index (κ1) is 6.34. The summed E-state index contributed by atoms with van der Waals surface area (Å²) >= 11 is 0. The van der Waals surface area contributed by atoms with Gasteiger partial charge in [-0.25, -0.2) is 9.37 Å². The highest BCUT2D eigenvalue weighted by molar-refractivity contribution is 5.75. The maximum atomic E-state index is 13.0. The van der Waals surface area contributed by atoms with E-state index in [1.165, 1.54) is 12.4 Å². The van der Waals surface area contributed by atoms with Gasteiger partial charge in [-0.2, -0.15) is 0 Å². The summed E-state index contributed by atoms with van der Waals surface area (Å²) in [6.07, 6.45) is 1.49. The summed E-state index contributed by atoms with van der Waals surface area (Å²) in [5, 5.41) is 0. The van der Waals surface area contributed by atoms with Crippen molar-refractivity contribution in [2.24, 2.45) is 0 Å². The molecule has 0 aliphatic carbocycles. The number of benzene rings is 1. The third-order valence-corrected chi connectivity index (χ3v) is 1.62. The Kier molecular flexibility index (Phi) is 1.18. The molecule has 1 heterocycles. The van der Waals surface area contributed by atoms with E-state index in [0.717, 1.165) is 11.1 Å². The number of rotatable bonds is 0. The Morgan fingerprint density at radius 1 is 1.45 bits per heavy atom. The molecular formula is C8H7FN2. The van der Waals surface area contributed by atoms with Gasteiger partial charge in [0.05, 0.1) is 11.8 Å². The number of hydrogen-bond donors (Lipinski definition) is 1. The Morgan fingerprint density at radius 2 is 2.27 bits per heavy atom. The van der Waals surface area contributed by atoms with Crippen molar-refractivity contribution in [1.29, 1.82) is 0 Å². The molecule has 0 saturated heterocycles. The van der Waals surface area contributed by atoms with Gasteiger partial charge in [-0.3, -0.25) is 0 Å². The molecule has 0 unspecified atom stereocenters. The van der Waals surface area contributed by atoms with Crippen molar-refractivity contribution in [3.05, 3.63) is 29.8 Å². The predicted molar refractivity (Wildman–Crippen MR) is 40.8 cm³/mol. The van der Waals surface area contributed by atoms with Crippen LogP contribution in [0.3, 0.4) is 0 Å². The van der Waals surface area contributed by atoms with Crippen LogP contribution in [-0.2, 0) is 0 Å². The number of halogens is 1. The number of aromatic nitrogens is 2.